The summed E-state index contributed by atoms with van der Waals surface area (Å²) in [7, 11) is 1.45. The first kappa shape index (κ1) is 89.4. The normalized spacial score (nSPS) is 17.2. The molecule has 0 aliphatic heterocycles. The van der Waals surface area contributed by atoms with E-state index >= 15 is 0 Å². The number of rotatable bonds is 24. The van der Waals surface area contributed by atoms with Crippen LogP contribution < -0.4 is 31.9 Å². The summed E-state index contributed by atoms with van der Waals surface area (Å²) in [5.74, 6) is -1.00. The van der Waals surface area contributed by atoms with Gasteiger partial charge in [-0.2, -0.15) is 15.3 Å². The highest BCUT2D eigenvalue weighted by atomic mass is 32.1. The minimum absolute atomic E-state index is 0.0160. The Kier molecular flexibility index (Phi) is 28.4. The van der Waals surface area contributed by atoms with Gasteiger partial charge in [0.15, 0.2) is 0 Å². The van der Waals surface area contributed by atoms with Crippen LogP contribution in [0.15, 0.2) is 147 Å². The number of carboxylic acid groups (broad SMARTS) is 2. The quantitative estimate of drug-likeness (QED) is 0.0260. The molecule has 3 aromatic carbocycles. The van der Waals surface area contributed by atoms with E-state index in [-0.39, 0.29) is 75.8 Å². The summed E-state index contributed by atoms with van der Waals surface area (Å²) in [5.41, 5.74) is 13.6. The summed E-state index contributed by atoms with van der Waals surface area (Å²) in [6.45, 7) is 26.1. The van der Waals surface area contributed by atoms with Gasteiger partial charge in [-0.1, -0.05) is 98.7 Å². The molecule has 15 rings (SSSR count). The fourth-order valence-electron chi connectivity index (χ4n) is 15.0. The molecule has 3 aliphatic carbocycles. The van der Waals surface area contributed by atoms with Crippen LogP contribution in [0.1, 0.15) is 235 Å². The number of nitrogens with zero attached hydrogens (tertiary/aromatic N) is 15. The maximum Gasteiger partial charge on any atom is 0.308 e. The first-order chi connectivity index (χ1) is 59.2. The van der Waals surface area contributed by atoms with Gasteiger partial charge in [-0.3, -0.25) is 42.8 Å². The number of esters is 1. The third-order valence-corrected chi connectivity index (χ3v) is 26.6. The number of nitrogens with one attached hydrogen (secondary N) is 6. The lowest BCUT2D eigenvalue weighted by Gasteiger charge is -2.26. The van der Waals surface area contributed by atoms with E-state index in [1.165, 1.54) is 41.1 Å². The number of ether oxygens (including phenoxy) is 1. The third kappa shape index (κ3) is 23.3. The second kappa shape index (κ2) is 39.4. The zero-order valence-electron chi connectivity index (χ0n) is 72.1. The van der Waals surface area contributed by atoms with Crippen molar-refractivity contribution in [2.24, 2.45) is 17.8 Å². The van der Waals surface area contributed by atoms with Crippen LogP contribution in [0.3, 0.4) is 0 Å². The largest absolute Gasteiger partial charge is 0.481 e. The lowest BCUT2D eigenvalue weighted by molar-refractivity contribution is -0.147. The maximum atomic E-state index is 12.7. The molecule has 0 radical (unpaired) electrons. The highest BCUT2D eigenvalue weighted by molar-refractivity contribution is 7.14. The molecule has 33 heteroatoms. The van der Waals surface area contributed by atoms with Crippen LogP contribution in [0.5, 0.6) is 0 Å². The Balaban J connectivity index is 0.000000160. The summed E-state index contributed by atoms with van der Waals surface area (Å²) in [4.78, 5) is 115. The van der Waals surface area contributed by atoms with Crippen molar-refractivity contribution < 1.29 is 43.7 Å². The number of hydrogen-bond acceptors (Lipinski definition) is 25. The molecule has 3 amide bonds. The van der Waals surface area contributed by atoms with Crippen LogP contribution >= 0.6 is 34.0 Å². The van der Waals surface area contributed by atoms with Gasteiger partial charge in [0.25, 0.3) is 17.7 Å². The van der Waals surface area contributed by atoms with Gasteiger partial charge >= 0.3 is 17.9 Å². The van der Waals surface area contributed by atoms with Crippen molar-refractivity contribution >= 4 is 105 Å². The molecule has 3 aliphatic rings. The van der Waals surface area contributed by atoms with E-state index in [0.717, 1.165) is 151 Å². The van der Waals surface area contributed by atoms with Gasteiger partial charge in [-0.25, -0.2) is 44.9 Å². The molecule has 3 fully saturated rings. The second-order valence-electron chi connectivity index (χ2n) is 34.8. The number of methoxy groups -OCH3 is 1. The molecule has 0 saturated heterocycles. The molecule has 8 N–H and O–H groups in total. The van der Waals surface area contributed by atoms with E-state index < -0.39 is 11.9 Å². The van der Waals surface area contributed by atoms with E-state index in [9.17, 15) is 39.0 Å². The lowest BCUT2D eigenvalue weighted by Crippen LogP contribution is -2.24. The number of carbonyl (C=O) groups excluding carboxylic acids is 4. The minimum atomic E-state index is -0.707. The summed E-state index contributed by atoms with van der Waals surface area (Å²) in [5, 5.41) is 53.6. The number of aliphatic carboxylic acids is 2. The molecule has 0 unspecified atom stereocenters. The van der Waals surface area contributed by atoms with Crippen LogP contribution in [-0.2, 0) is 55.0 Å². The Morgan fingerprint density at radius 1 is 0.395 bits per heavy atom. The first-order valence-corrected chi connectivity index (χ1v) is 44.2. The lowest BCUT2D eigenvalue weighted by atomic mass is 9.86. The van der Waals surface area contributed by atoms with Crippen molar-refractivity contribution in [2.45, 2.75) is 214 Å². The zero-order valence-corrected chi connectivity index (χ0v) is 74.6. The summed E-state index contributed by atoms with van der Waals surface area (Å²) in [6, 6.07) is 24.5. The number of benzene rings is 3. The fourth-order valence-corrected chi connectivity index (χ4v) is 17.6. The van der Waals surface area contributed by atoms with Crippen molar-refractivity contribution in [3.05, 3.63) is 210 Å². The van der Waals surface area contributed by atoms with Gasteiger partial charge in [0.1, 0.15) is 14.6 Å². The van der Waals surface area contributed by atoms with Crippen molar-refractivity contribution in [3.8, 4) is 33.8 Å². The number of carboxylic acids is 2. The highest BCUT2D eigenvalue weighted by Crippen LogP contribution is 2.38. The molecule has 9 aromatic heterocycles. The van der Waals surface area contributed by atoms with Crippen LogP contribution in [0, 0.1) is 38.5 Å². The van der Waals surface area contributed by atoms with Crippen LogP contribution in [0.2, 0.25) is 0 Å². The van der Waals surface area contributed by atoms with Gasteiger partial charge in [-0.05, 0) is 168 Å². The number of hydrogen-bond donors (Lipinski definition) is 8. The number of aryl methyl sites for hydroxylation is 3. The van der Waals surface area contributed by atoms with Gasteiger partial charge in [0.05, 0.1) is 129 Å². The van der Waals surface area contributed by atoms with Crippen LogP contribution in [0.4, 0.5) is 34.9 Å². The van der Waals surface area contributed by atoms with E-state index in [4.69, 9.17) is 19.7 Å². The molecule has 648 valence electrons. The predicted molar refractivity (Wildman–Crippen MR) is 479 cm³/mol. The monoisotopic (exact) mass is 1730 g/mol. The number of thiazole rings is 3. The third-order valence-electron chi connectivity index (χ3n) is 22.3. The zero-order chi connectivity index (χ0) is 88.2. The van der Waals surface area contributed by atoms with Crippen molar-refractivity contribution in [2.75, 3.05) is 23.1 Å². The highest BCUT2D eigenvalue weighted by Gasteiger charge is 2.32. The summed E-state index contributed by atoms with van der Waals surface area (Å²) >= 11 is 4.30. The van der Waals surface area contributed by atoms with Crippen LogP contribution in [-0.4, -0.2) is 127 Å². The van der Waals surface area contributed by atoms with E-state index in [2.05, 4.69) is 158 Å². The molecular formula is C91H107N21O9S3. The van der Waals surface area contributed by atoms with Crippen molar-refractivity contribution in [1.82, 2.24) is 90.1 Å². The van der Waals surface area contributed by atoms with E-state index in [0.29, 0.717) is 77.8 Å². The average molecular weight is 1740 g/mol. The molecule has 3 saturated carbocycles. The molecular weight excluding hydrogens is 1630 g/mol. The van der Waals surface area contributed by atoms with Gasteiger partial charge in [-0.15, -0.1) is 34.0 Å². The van der Waals surface area contributed by atoms with Crippen LogP contribution in [0.25, 0.3) is 33.8 Å². The number of anilines is 6. The SMILES string of the molecule is COC(=O)C1CCC(n2cc(Nc3nccc(-c4ccc(CNC(=O)c5cnc(C(C)(C)C)s5)c(C)c4)n3)cn2)CC1.Cc1cc(-c2ccnc(Nc3cnn(C4CCC(C(=O)O)CC4)c3)n2)ccc1CNC(=O)c1cnc(C(C)(C)C)s1.Cc1cc(-c2ccnc(Nc3cnn(C4CCC(C(=O)O)CC4)c3)n2)ccc1CNC(=O)c1cnc(C(C)(C)C)s1. The molecule has 30 nitrogen and oxygen atoms in total. The Bertz CT molecular complexity index is 5530. The van der Waals surface area contributed by atoms with E-state index in [1.807, 2.05) is 108 Å². The molecule has 12 aromatic rings. The molecule has 0 bridgehead atoms. The molecule has 124 heavy (non-hydrogen) atoms. The van der Waals surface area contributed by atoms with Gasteiger partial charge in [0, 0.05) is 89.8 Å². The van der Waals surface area contributed by atoms with Gasteiger partial charge < -0.3 is 46.9 Å². The topological polar surface area (TPSA) is 394 Å². The fraction of sp³-hybridized carbons (Fsp3) is 0.407. The molecule has 0 atom stereocenters. The smallest absolute Gasteiger partial charge is 0.308 e. The van der Waals surface area contributed by atoms with Gasteiger partial charge in [0.2, 0.25) is 17.8 Å². The van der Waals surface area contributed by atoms with Crippen molar-refractivity contribution in [1.29, 1.82) is 0 Å². The average Bonchev–Trinajstić information content (AvgIpc) is 1.21. The first-order valence-electron chi connectivity index (χ1n) is 41.7. The standard InChI is InChI=1S/C31H37N7O3S.2C30H35N7O3S/c1-19-14-21(6-7-22(19)15-33-27(39)26-17-34-29(42-26)31(2,3)4)25-12-13-32-30(37-25)36-23-16-35-38(18-23)24-10-8-20(9-11-24)28(40)41-5;2*1-18-13-20(5-6-21(18)14-32-26(38)25-16-33-28(41-25)30(2,3)4)24-11-12-31-29(36-24)35-22-15-34-37(17-22)23-9-7-19(8-10-23)27(39)40/h6-7,12-14,16-18,20,24H,8-11,15H2,1-5H3,(H,33,39)(H,32,36,37);2*5-6,11-13,15-17,19,23H,7-10,14H2,1-4H3,(H,32,38)(H,39,40)(H,31,35,36). The number of aromatic nitrogens is 15. The van der Waals surface area contributed by atoms with E-state index in [1.54, 1.807) is 55.8 Å². The maximum absolute atomic E-state index is 12.7. The summed E-state index contributed by atoms with van der Waals surface area (Å²) < 4.78 is 10.7. The summed E-state index contributed by atoms with van der Waals surface area (Å²) in [6.07, 6.45) is 30.4. The second-order valence-corrected chi connectivity index (χ2v) is 37.9. The Morgan fingerprint density at radius 2 is 0.677 bits per heavy atom. The molecule has 0 spiro atoms. The predicted octanol–water partition coefficient (Wildman–Crippen LogP) is 17.8. The number of amides is 3. The Labute approximate surface area is 732 Å². The minimum Gasteiger partial charge on any atom is -0.481 e. The Hall–Kier alpha value is -12.4. The molecule has 9 heterocycles. The Morgan fingerprint density at radius 3 is 0.927 bits per heavy atom. The number of carbonyl (C=O) groups is 6. The van der Waals surface area contributed by atoms with Crippen molar-refractivity contribution in [3.63, 3.8) is 0 Å².